The maximum atomic E-state index is 13.8. The summed E-state index contributed by atoms with van der Waals surface area (Å²) in [5.74, 6) is 1.84. The quantitative estimate of drug-likeness (QED) is 0.288. The number of thiophene rings is 1. The van der Waals surface area contributed by atoms with Gasteiger partial charge < -0.3 is 19.5 Å². The van der Waals surface area contributed by atoms with Gasteiger partial charge in [0.2, 0.25) is 12.7 Å². The predicted octanol–water partition coefficient (Wildman–Crippen LogP) is 4.79. The summed E-state index contributed by atoms with van der Waals surface area (Å²) in [6, 6.07) is 12.6. The van der Waals surface area contributed by atoms with E-state index in [1.54, 1.807) is 41.2 Å². The van der Waals surface area contributed by atoms with Gasteiger partial charge in [0.05, 0.1) is 23.9 Å². The summed E-state index contributed by atoms with van der Waals surface area (Å²) in [4.78, 5) is 33.5. The number of fused-ring (bicyclic) bond motifs is 4. The van der Waals surface area contributed by atoms with Gasteiger partial charge in [0.15, 0.2) is 16.7 Å². The molecule has 36 heavy (non-hydrogen) atoms. The molecule has 6 rings (SSSR count). The minimum Gasteiger partial charge on any atom is -0.497 e. The minimum atomic E-state index is -0.208. The van der Waals surface area contributed by atoms with Crippen molar-refractivity contribution in [2.45, 2.75) is 30.8 Å². The third kappa shape index (κ3) is 4.20. The fourth-order valence-corrected chi connectivity index (χ4v) is 6.66. The summed E-state index contributed by atoms with van der Waals surface area (Å²) in [5, 5.41) is 4.07. The van der Waals surface area contributed by atoms with E-state index in [1.807, 2.05) is 24.3 Å². The average molecular weight is 522 g/mol. The highest BCUT2D eigenvalue weighted by Crippen LogP contribution is 2.36. The van der Waals surface area contributed by atoms with Crippen LogP contribution in [0.3, 0.4) is 0 Å². The molecular formula is C26H23N3O5S2. The summed E-state index contributed by atoms with van der Waals surface area (Å²) in [6.45, 7) is 0.172. The number of nitrogens with one attached hydrogen (secondary N) is 1. The first-order chi connectivity index (χ1) is 17.6. The van der Waals surface area contributed by atoms with Crippen LogP contribution in [-0.4, -0.2) is 35.1 Å². The molecule has 0 atom stereocenters. The monoisotopic (exact) mass is 521 g/mol. The summed E-state index contributed by atoms with van der Waals surface area (Å²) in [5.41, 5.74) is 2.35. The first kappa shape index (κ1) is 22.9. The van der Waals surface area contributed by atoms with E-state index < -0.39 is 0 Å². The highest BCUT2D eigenvalue weighted by atomic mass is 32.2. The summed E-state index contributed by atoms with van der Waals surface area (Å²) in [6.07, 6.45) is 4.10. The Bertz CT molecular complexity index is 1530. The Morgan fingerprint density at radius 2 is 1.94 bits per heavy atom. The molecule has 0 fully saturated rings. The van der Waals surface area contributed by atoms with Gasteiger partial charge >= 0.3 is 0 Å². The van der Waals surface area contributed by atoms with E-state index >= 15 is 0 Å². The van der Waals surface area contributed by atoms with Gasteiger partial charge in [0.25, 0.3) is 5.56 Å². The Balaban J connectivity index is 1.33. The second kappa shape index (κ2) is 9.51. The molecule has 10 heteroatoms. The Morgan fingerprint density at radius 3 is 2.78 bits per heavy atom. The molecule has 0 spiro atoms. The number of amides is 1. The zero-order valence-corrected chi connectivity index (χ0v) is 21.2. The van der Waals surface area contributed by atoms with E-state index in [0.717, 1.165) is 36.1 Å². The van der Waals surface area contributed by atoms with Crippen LogP contribution in [0.25, 0.3) is 15.9 Å². The second-order valence-electron chi connectivity index (χ2n) is 8.53. The first-order valence-electron chi connectivity index (χ1n) is 11.6. The number of nitrogens with zero attached hydrogens (tertiary/aromatic N) is 2. The van der Waals surface area contributed by atoms with Crippen LogP contribution < -0.4 is 25.1 Å². The van der Waals surface area contributed by atoms with Gasteiger partial charge in [-0.25, -0.2) is 4.98 Å². The molecule has 1 N–H and O–H groups in total. The van der Waals surface area contributed by atoms with E-state index in [-0.39, 0.29) is 24.0 Å². The van der Waals surface area contributed by atoms with Gasteiger partial charge in [-0.1, -0.05) is 11.8 Å². The van der Waals surface area contributed by atoms with E-state index in [4.69, 9.17) is 19.2 Å². The standard InChI is InChI=1S/C26H23N3O5S2/c1-32-17-9-7-16(8-10-17)29-25(31)23-18-4-2-3-5-21(18)36-24(23)28-26(29)35-13-22(30)27-15-6-11-19-20(12-15)34-14-33-19/h6-12H,2-5,13-14H2,1H3,(H,27,30). The molecule has 1 amide bonds. The number of benzene rings is 2. The zero-order chi connectivity index (χ0) is 24.6. The highest BCUT2D eigenvalue weighted by Gasteiger charge is 2.23. The number of ether oxygens (including phenoxy) is 3. The van der Waals surface area contributed by atoms with E-state index in [1.165, 1.54) is 16.6 Å². The average Bonchev–Trinajstić information content (AvgIpc) is 3.51. The molecule has 0 bridgehead atoms. The van der Waals surface area contributed by atoms with Crippen molar-refractivity contribution >= 4 is 44.9 Å². The Kier molecular flexibility index (Phi) is 6.06. The lowest BCUT2D eigenvalue weighted by molar-refractivity contribution is -0.113. The number of aromatic nitrogens is 2. The molecule has 2 aliphatic rings. The summed E-state index contributed by atoms with van der Waals surface area (Å²) in [7, 11) is 1.60. The molecule has 2 aromatic heterocycles. The summed E-state index contributed by atoms with van der Waals surface area (Å²) < 4.78 is 17.6. The lowest BCUT2D eigenvalue weighted by atomic mass is 9.97. The smallest absolute Gasteiger partial charge is 0.267 e. The van der Waals surface area contributed by atoms with Crippen molar-refractivity contribution in [1.29, 1.82) is 0 Å². The van der Waals surface area contributed by atoms with Crippen LogP contribution in [0.4, 0.5) is 5.69 Å². The Labute approximate surface area is 215 Å². The van der Waals surface area contributed by atoms with Crippen molar-refractivity contribution in [2.75, 3.05) is 25.0 Å². The van der Waals surface area contributed by atoms with Crippen molar-refractivity contribution in [3.63, 3.8) is 0 Å². The fraction of sp³-hybridized carbons (Fsp3) is 0.269. The summed E-state index contributed by atoms with van der Waals surface area (Å²) >= 11 is 2.84. The first-order valence-corrected chi connectivity index (χ1v) is 13.4. The molecule has 184 valence electrons. The fourth-order valence-electron chi connectivity index (χ4n) is 4.54. The number of methoxy groups -OCH3 is 1. The van der Waals surface area contributed by atoms with Crippen molar-refractivity contribution in [2.24, 2.45) is 0 Å². The maximum Gasteiger partial charge on any atom is 0.267 e. The second-order valence-corrected chi connectivity index (χ2v) is 10.6. The lowest BCUT2D eigenvalue weighted by Gasteiger charge is -2.14. The zero-order valence-electron chi connectivity index (χ0n) is 19.5. The Morgan fingerprint density at radius 1 is 1.14 bits per heavy atom. The van der Waals surface area contributed by atoms with E-state index in [9.17, 15) is 9.59 Å². The highest BCUT2D eigenvalue weighted by molar-refractivity contribution is 7.99. The number of carbonyl (C=O) groups is 1. The molecule has 2 aromatic carbocycles. The van der Waals surface area contributed by atoms with Crippen LogP contribution in [0.5, 0.6) is 17.2 Å². The van der Waals surface area contributed by atoms with Crippen LogP contribution in [0, 0.1) is 0 Å². The molecule has 1 aliphatic carbocycles. The van der Waals surface area contributed by atoms with Gasteiger partial charge in [0, 0.05) is 16.6 Å². The third-order valence-electron chi connectivity index (χ3n) is 6.28. The number of aryl methyl sites for hydroxylation is 2. The molecule has 8 nitrogen and oxygen atoms in total. The number of hydrogen-bond donors (Lipinski definition) is 1. The van der Waals surface area contributed by atoms with Crippen molar-refractivity contribution in [3.8, 4) is 22.9 Å². The molecule has 0 radical (unpaired) electrons. The number of anilines is 1. The molecule has 0 saturated carbocycles. The lowest BCUT2D eigenvalue weighted by Crippen LogP contribution is -2.23. The SMILES string of the molecule is COc1ccc(-n2c(SCC(=O)Nc3ccc4c(c3)OCO4)nc3sc4c(c3c2=O)CCCC4)cc1. The van der Waals surface area contributed by atoms with Gasteiger partial charge in [-0.15, -0.1) is 11.3 Å². The molecule has 4 aromatic rings. The van der Waals surface area contributed by atoms with Crippen molar-refractivity contribution in [1.82, 2.24) is 9.55 Å². The van der Waals surface area contributed by atoms with Crippen LogP contribution in [-0.2, 0) is 17.6 Å². The van der Waals surface area contributed by atoms with Crippen LogP contribution in [0.2, 0.25) is 0 Å². The van der Waals surface area contributed by atoms with Crippen molar-refractivity contribution < 1.29 is 19.0 Å². The number of hydrogen-bond acceptors (Lipinski definition) is 8. The van der Waals surface area contributed by atoms with Crippen LogP contribution in [0.15, 0.2) is 52.4 Å². The third-order valence-corrected chi connectivity index (χ3v) is 8.40. The molecule has 0 unspecified atom stereocenters. The van der Waals surface area contributed by atoms with Gasteiger partial charge in [-0.2, -0.15) is 0 Å². The predicted molar refractivity (Wildman–Crippen MR) is 140 cm³/mol. The van der Waals surface area contributed by atoms with E-state index in [2.05, 4.69) is 5.32 Å². The Hall–Kier alpha value is -3.50. The minimum absolute atomic E-state index is 0.0909. The van der Waals surface area contributed by atoms with Crippen molar-refractivity contribution in [3.05, 3.63) is 63.3 Å². The van der Waals surface area contributed by atoms with Crippen LogP contribution >= 0.6 is 23.1 Å². The number of thioether (sulfide) groups is 1. The molecular weight excluding hydrogens is 498 g/mol. The van der Waals surface area contributed by atoms with Gasteiger partial charge in [-0.05, 0) is 67.6 Å². The topological polar surface area (TPSA) is 91.7 Å². The number of carbonyl (C=O) groups excluding carboxylic acids is 1. The van der Waals surface area contributed by atoms with Crippen LogP contribution in [0.1, 0.15) is 23.3 Å². The normalized spacial score (nSPS) is 14.0. The maximum absolute atomic E-state index is 13.8. The molecule has 1 aliphatic heterocycles. The number of rotatable bonds is 6. The molecule has 3 heterocycles. The van der Waals surface area contributed by atoms with Gasteiger partial charge in [-0.3, -0.25) is 14.2 Å². The van der Waals surface area contributed by atoms with Gasteiger partial charge in [0.1, 0.15) is 10.6 Å². The van der Waals surface area contributed by atoms with E-state index in [0.29, 0.717) is 39.2 Å². The largest absolute Gasteiger partial charge is 0.497 e. The molecule has 0 saturated heterocycles.